The number of non-ortho nitro benzene ring substituents is 1. The zero-order valence-corrected chi connectivity index (χ0v) is 12.9. The van der Waals surface area contributed by atoms with Gasteiger partial charge in [0, 0.05) is 18.2 Å². The minimum atomic E-state index is -0.420. The highest BCUT2D eigenvalue weighted by Crippen LogP contribution is 2.24. The average molecular weight is 353 g/mol. The molecule has 0 heterocycles. The Bertz CT molecular complexity index is 647. The van der Waals surface area contributed by atoms with Crippen LogP contribution in [0.25, 0.3) is 0 Å². The smallest absolute Gasteiger partial charge is 0.269 e. The monoisotopic (exact) mass is 352 g/mol. The topological polar surface area (TPSA) is 55.2 Å². The van der Waals surface area contributed by atoms with Gasteiger partial charge in [0.05, 0.1) is 9.40 Å². The summed E-state index contributed by atoms with van der Waals surface area (Å²) in [7, 11) is 1.83. The molecule has 0 saturated heterocycles. The summed E-state index contributed by atoms with van der Waals surface area (Å²) < 4.78 is 13.7. The summed E-state index contributed by atoms with van der Waals surface area (Å²) in [5.41, 5.74) is 1.99. The van der Waals surface area contributed by atoms with E-state index in [1.165, 1.54) is 18.2 Å². The van der Waals surface area contributed by atoms with Crippen molar-refractivity contribution in [1.82, 2.24) is 5.32 Å². The van der Waals surface area contributed by atoms with Crippen LogP contribution in [-0.4, -0.2) is 12.0 Å². The molecular formula is C15H14BrFN2O2. The molecule has 2 aromatic rings. The molecular weight excluding hydrogens is 339 g/mol. The Morgan fingerprint density at radius 3 is 2.48 bits per heavy atom. The molecule has 21 heavy (non-hydrogen) atoms. The third-order valence-electron chi connectivity index (χ3n) is 3.28. The fourth-order valence-electron chi connectivity index (χ4n) is 2.11. The van der Waals surface area contributed by atoms with Gasteiger partial charge in [0.25, 0.3) is 5.69 Å². The first-order chi connectivity index (χ1) is 10.0. The molecule has 0 aromatic heterocycles. The number of halogens is 2. The van der Waals surface area contributed by atoms with Gasteiger partial charge in [-0.05, 0) is 52.7 Å². The van der Waals surface area contributed by atoms with E-state index in [2.05, 4.69) is 21.2 Å². The highest BCUT2D eigenvalue weighted by molar-refractivity contribution is 9.10. The number of hydrogen-bond donors (Lipinski definition) is 1. The molecule has 2 aromatic carbocycles. The van der Waals surface area contributed by atoms with Crippen LogP contribution in [0, 0.1) is 15.9 Å². The predicted molar refractivity (Wildman–Crippen MR) is 82.7 cm³/mol. The van der Waals surface area contributed by atoms with Crippen molar-refractivity contribution in [3.63, 3.8) is 0 Å². The Kier molecular flexibility index (Phi) is 5.03. The summed E-state index contributed by atoms with van der Waals surface area (Å²) >= 11 is 3.18. The van der Waals surface area contributed by atoms with Crippen LogP contribution >= 0.6 is 15.9 Å². The van der Waals surface area contributed by atoms with Crippen molar-refractivity contribution in [2.24, 2.45) is 0 Å². The van der Waals surface area contributed by atoms with E-state index in [1.54, 1.807) is 24.3 Å². The minimum Gasteiger partial charge on any atom is -0.313 e. The van der Waals surface area contributed by atoms with Gasteiger partial charge in [-0.2, -0.15) is 0 Å². The molecule has 0 aliphatic carbocycles. The number of hydrogen-bond acceptors (Lipinski definition) is 3. The highest BCUT2D eigenvalue weighted by Gasteiger charge is 2.13. The van der Waals surface area contributed by atoms with Crippen molar-refractivity contribution in [3.05, 3.63) is 74.0 Å². The quantitative estimate of drug-likeness (QED) is 0.653. The van der Waals surface area contributed by atoms with E-state index in [1.807, 2.05) is 7.05 Å². The van der Waals surface area contributed by atoms with Crippen molar-refractivity contribution in [2.75, 3.05) is 7.05 Å². The van der Waals surface area contributed by atoms with Gasteiger partial charge in [-0.1, -0.05) is 18.2 Å². The van der Waals surface area contributed by atoms with Gasteiger partial charge < -0.3 is 5.32 Å². The minimum absolute atomic E-state index is 0.00311. The lowest BCUT2D eigenvalue weighted by molar-refractivity contribution is -0.384. The number of nitrogens with one attached hydrogen (secondary N) is 1. The van der Waals surface area contributed by atoms with E-state index >= 15 is 0 Å². The second kappa shape index (κ2) is 6.78. The molecule has 0 amide bonds. The summed E-state index contributed by atoms with van der Waals surface area (Å²) in [5, 5.41) is 13.8. The number of rotatable bonds is 5. The molecule has 0 bridgehead atoms. The number of nitro benzene ring substituents is 1. The maximum Gasteiger partial charge on any atom is 0.269 e. The average Bonchev–Trinajstić information content (AvgIpc) is 2.48. The van der Waals surface area contributed by atoms with Crippen molar-refractivity contribution in [1.29, 1.82) is 0 Å². The highest BCUT2D eigenvalue weighted by atomic mass is 79.9. The van der Waals surface area contributed by atoms with Crippen LogP contribution in [0.2, 0.25) is 0 Å². The molecule has 1 N–H and O–H groups in total. The van der Waals surface area contributed by atoms with Crippen LogP contribution < -0.4 is 5.32 Å². The van der Waals surface area contributed by atoms with Crippen molar-refractivity contribution >= 4 is 21.6 Å². The Labute approximate surface area is 130 Å². The summed E-state index contributed by atoms with van der Waals surface area (Å²) in [6.07, 6.45) is 0.659. The van der Waals surface area contributed by atoms with E-state index in [0.717, 1.165) is 11.1 Å². The summed E-state index contributed by atoms with van der Waals surface area (Å²) in [6, 6.07) is 11.3. The lowest BCUT2D eigenvalue weighted by atomic mass is 9.99. The molecule has 4 nitrogen and oxygen atoms in total. The fraction of sp³-hybridized carbons (Fsp3) is 0.200. The van der Waals surface area contributed by atoms with Crippen LogP contribution in [0.5, 0.6) is 0 Å². The third kappa shape index (κ3) is 3.86. The molecule has 0 aliphatic rings. The molecule has 2 rings (SSSR count). The normalized spacial score (nSPS) is 12.1. The van der Waals surface area contributed by atoms with Crippen LogP contribution in [0.1, 0.15) is 17.2 Å². The van der Waals surface area contributed by atoms with Gasteiger partial charge in [0.2, 0.25) is 0 Å². The largest absolute Gasteiger partial charge is 0.313 e. The first kappa shape index (κ1) is 15.6. The molecule has 6 heteroatoms. The molecule has 1 unspecified atom stereocenters. The number of likely N-dealkylation sites (N-methyl/N-ethyl adjacent to an activating group) is 1. The fourth-order valence-corrected chi connectivity index (χ4v) is 2.50. The maximum absolute atomic E-state index is 13.3. The maximum atomic E-state index is 13.3. The van der Waals surface area contributed by atoms with E-state index in [9.17, 15) is 14.5 Å². The zero-order chi connectivity index (χ0) is 15.4. The number of benzene rings is 2. The van der Waals surface area contributed by atoms with Crippen molar-refractivity contribution in [2.45, 2.75) is 12.5 Å². The molecule has 0 aliphatic heterocycles. The van der Waals surface area contributed by atoms with E-state index in [-0.39, 0.29) is 17.5 Å². The van der Waals surface area contributed by atoms with Crippen molar-refractivity contribution < 1.29 is 9.31 Å². The van der Waals surface area contributed by atoms with Crippen LogP contribution in [0.15, 0.2) is 46.9 Å². The van der Waals surface area contributed by atoms with E-state index < -0.39 is 4.92 Å². The van der Waals surface area contributed by atoms with Gasteiger partial charge >= 0.3 is 0 Å². The molecule has 110 valence electrons. The van der Waals surface area contributed by atoms with Gasteiger partial charge in [-0.3, -0.25) is 10.1 Å². The number of nitrogens with zero attached hydrogens (tertiary/aromatic N) is 1. The predicted octanol–water partition coefficient (Wildman–Crippen LogP) is 4.00. The van der Waals surface area contributed by atoms with Gasteiger partial charge in [0.15, 0.2) is 0 Å². The first-order valence-electron chi connectivity index (χ1n) is 6.37. The second-order valence-electron chi connectivity index (χ2n) is 4.64. The standard InChI is InChI=1S/C15H14BrFN2O2/c1-18-15(11-4-7-14(17)13(16)9-11)8-10-2-5-12(6-3-10)19(20)21/h2-7,9,15,18H,8H2,1H3. The zero-order valence-electron chi connectivity index (χ0n) is 11.3. The summed E-state index contributed by atoms with van der Waals surface area (Å²) in [6.45, 7) is 0. The third-order valence-corrected chi connectivity index (χ3v) is 3.89. The first-order valence-corrected chi connectivity index (χ1v) is 7.16. The molecule has 0 radical (unpaired) electrons. The molecule has 1 atom stereocenters. The summed E-state index contributed by atoms with van der Waals surface area (Å²) in [5.74, 6) is -0.302. The van der Waals surface area contributed by atoms with Gasteiger partial charge in [-0.25, -0.2) is 4.39 Å². The van der Waals surface area contributed by atoms with E-state index in [0.29, 0.717) is 10.9 Å². The summed E-state index contributed by atoms with van der Waals surface area (Å²) in [4.78, 5) is 10.2. The van der Waals surface area contributed by atoms with Crippen LogP contribution in [0.3, 0.4) is 0 Å². The Hall–Kier alpha value is -1.79. The second-order valence-corrected chi connectivity index (χ2v) is 5.50. The SMILES string of the molecule is CNC(Cc1ccc([N+](=O)[O-])cc1)c1ccc(F)c(Br)c1. The van der Waals surface area contributed by atoms with E-state index in [4.69, 9.17) is 0 Å². The van der Waals surface area contributed by atoms with Crippen molar-refractivity contribution in [3.8, 4) is 0 Å². The molecule has 0 spiro atoms. The van der Waals surface area contributed by atoms with Gasteiger partial charge in [-0.15, -0.1) is 0 Å². The molecule has 0 fully saturated rings. The van der Waals surface area contributed by atoms with Crippen LogP contribution in [0.4, 0.5) is 10.1 Å². The van der Waals surface area contributed by atoms with Gasteiger partial charge in [0.1, 0.15) is 5.82 Å². The molecule has 0 saturated carbocycles. The Morgan fingerprint density at radius 1 is 1.29 bits per heavy atom. The van der Waals surface area contributed by atoms with Crippen LogP contribution in [-0.2, 0) is 6.42 Å². The number of nitro groups is 1. The lowest BCUT2D eigenvalue weighted by Crippen LogP contribution is -2.19. The Balaban J connectivity index is 2.18. The lowest BCUT2D eigenvalue weighted by Gasteiger charge is -2.17. The Morgan fingerprint density at radius 2 is 1.95 bits per heavy atom.